The van der Waals surface area contributed by atoms with Crippen LogP contribution in [0.1, 0.15) is 25.5 Å². The number of fused-ring (bicyclic) bond motifs is 1. The van der Waals surface area contributed by atoms with E-state index >= 15 is 0 Å². The number of benzene rings is 1. The maximum atomic E-state index is 5.78. The lowest BCUT2D eigenvalue weighted by molar-refractivity contribution is 0.332. The van der Waals surface area contributed by atoms with E-state index in [9.17, 15) is 0 Å². The van der Waals surface area contributed by atoms with E-state index in [1.54, 1.807) is 0 Å². The second-order valence-electron chi connectivity index (χ2n) is 5.53. The Morgan fingerprint density at radius 2 is 2.14 bits per heavy atom. The van der Waals surface area contributed by atoms with E-state index in [2.05, 4.69) is 36.4 Å². The minimum Gasteiger partial charge on any atom is -0.489 e. The first-order valence-corrected chi connectivity index (χ1v) is 7.38. The smallest absolute Gasteiger partial charge is 0.127 e. The van der Waals surface area contributed by atoms with Gasteiger partial charge in [0.05, 0.1) is 6.04 Å². The van der Waals surface area contributed by atoms with Crippen molar-refractivity contribution in [3.05, 3.63) is 53.9 Å². The number of aromatic nitrogens is 2. The van der Waals surface area contributed by atoms with E-state index in [-0.39, 0.29) is 0 Å². The van der Waals surface area contributed by atoms with Gasteiger partial charge in [0.25, 0.3) is 0 Å². The van der Waals surface area contributed by atoms with Gasteiger partial charge < -0.3 is 10.1 Å². The van der Waals surface area contributed by atoms with Crippen LogP contribution in [0.4, 0.5) is 0 Å². The molecule has 0 aliphatic carbocycles. The van der Waals surface area contributed by atoms with Crippen LogP contribution >= 0.6 is 0 Å². The van der Waals surface area contributed by atoms with Crippen molar-refractivity contribution in [3.63, 3.8) is 0 Å². The van der Waals surface area contributed by atoms with Crippen LogP contribution < -0.4 is 10.1 Å². The van der Waals surface area contributed by atoms with Crippen LogP contribution in [0.2, 0.25) is 0 Å². The molecule has 0 amide bonds. The van der Waals surface area contributed by atoms with Crippen LogP contribution in [-0.4, -0.2) is 29.0 Å². The maximum absolute atomic E-state index is 5.78. The van der Waals surface area contributed by atoms with E-state index in [4.69, 9.17) is 4.74 Å². The molecule has 21 heavy (non-hydrogen) atoms. The summed E-state index contributed by atoms with van der Waals surface area (Å²) in [5.74, 6) is 0.971. The molecule has 1 aromatic carbocycles. The Labute approximate surface area is 125 Å². The fraction of sp³-hybridized carbons (Fsp3) is 0.353. The minimum atomic E-state index is 0.317. The zero-order valence-electron chi connectivity index (χ0n) is 12.5. The Kier molecular flexibility index (Phi) is 4.06. The van der Waals surface area contributed by atoms with E-state index in [0.717, 1.165) is 17.9 Å². The number of ether oxygens (including phenoxy) is 1. The van der Waals surface area contributed by atoms with Crippen molar-refractivity contribution in [1.82, 2.24) is 15.1 Å². The van der Waals surface area contributed by atoms with Gasteiger partial charge in [0.1, 0.15) is 12.4 Å². The highest BCUT2D eigenvalue weighted by Gasteiger charge is 2.15. The number of nitrogens with one attached hydrogen (secondary N) is 1. The molecule has 0 fully saturated rings. The van der Waals surface area contributed by atoms with Gasteiger partial charge in [0.2, 0.25) is 0 Å². The van der Waals surface area contributed by atoms with Crippen LogP contribution in [0.5, 0.6) is 5.75 Å². The molecule has 1 N–H and O–H groups in total. The summed E-state index contributed by atoms with van der Waals surface area (Å²) in [4.78, 5) is 0. The van der Waals surface area contributed by atoms with Gasteiger partial charge in [-0.1, -0.05) is 18.2 Å². The Morgan fingerprint density at radius 3 is 2.95 bits per heavy atom. The number of hydrogen-bond acceptors (Lipinski definition) is 3. The van der Waals surface area contributed by atoms with E-state index < -0.39 is 0 Å². The molecular weight excluding hydrogens is 262 g/mol. The lowest BCUT2D eigenvalue weighted by Crippen LogP contribution is -2.36. The van der Waals surface area contributed by atoms with Crippen molar-refractivity contribution in [2.45, 2.75) is 25.9 Å². The molecule has 1 aliphatic heterocycles. The van der Waals surface area contributed by atoms with Gasteiger partial charge in [0.15, 0.2) is 0 Å². The molecule has 0 radical (unpaired) electrons. The minimum absolute atomic E-state index is 0.317. The Bertz CT molecular complexity index is 619. The predicted molar refractivity (Wildman–Crippen MR) is 84.3 cm³/mol. The van der Waals surface area contributed by atoms with Gasteiger partial charge >= 0.3 is 0 Å². The van der Waals surface area contributed by atoms with E-state index in [0.29, 0.717) is 18.7 Å². The summed E-state index contributed by atoms with van der Waals surface area (Å²) < 4.78 is 7.76. The highest BCUT2D eigenvalue weighted by atomic mass is 16.5. The topological polar surface area (TPSA) is 39.1 Å². The zero-order valence-corrected chi connectivity index (χ0v) is 12.5. The summed E-state index contributed by atoms with van der Waals surface area (Å²) in [6.07, 6.45) is 6.04. The predicted octanol–water partition coefficient (Wildman–Crippen LogP) is 2.90. The van der Waals surface area contributed by atoms with Crippen molar-refractivity contribution >= 4 is 6.08 Å². The molecule has 4 nitrogen and oxygen atoms in total. The van der Waals surface area contributed by atoms with E-state index in [1.807, 2.05) is 41.3 Å². The third kappa shape index (κ3) is 3.16. The normalized spacial score (nSPS) is 16.6. The highest BCUT2D eigenvalue weighted by Crippen LogP contribution is 2.25. The number of para-hydroxylation sites is 1. The van der Waals surface area contributed by atoms with Gasteiger partial charge in [-0.15, -0.1) is 0 Å². The van der Waals surface area contributed by atoms with Crippen molar-refractivity contribution < 1.29 is 4.74 Å². The Balaban J connectivity index is 1.60. The summed E-state index contributed by atoms with van der Waals surface area (Å²) in [5, 5.41) is 7.86. The molecule has 0 spiro atoms. The van der Waals surface area contributed by atoms with Gasteiger partial charge in [-0.2, -0.15) is 5.10 Å². The lowest BCUT2D eigenvalue weighted by atomic mass is 10.1. The molecule has 1 aromatic heterocycles. The van der Waals surface area contributed by atoms with Gasteiger partial charge in [-0.3, -0.25) is 4.68 Å². The first-order chi connectivity index (χ1) is 10.2. The maximum Gasteiger partial charge on any atom is 0.127 e. The average Bonchev–Trinajstić information content (AvgIpc) is 3.06. The van der Waals surface area contributed by atoms with Gasteiger partial charge in [-0.05, 0) is 37.6 Å². The quantitative estimate of drug-likeness (QED) is 0.917. The third-order valence-electron chi connectivity index (χ3n) is 4.01. The van der Waals surface area contributed by atoms with Crippen molar-refractivity contribution in [2.75, 3.05) is 13.2 Å². The monoisotopic (exact) mass is 283 g/mol. The second-order valence-corrected chi connectivity index (χ2v) is 5.53. The first kappa shape index (κ1) is 13.9. The SMILES string of the molecule is CC(NCC1=Cc2ccccc2OC1)C(C)n1cccn1. The third-order valence-corrected chi connectivity index (χ3v) is 4.01. The first-order valence-electron chi connectivity index (χ1n) is 7.38. The summed E-state index contributed by atoms with van der Waals surface area (Å²) in [5.41, 5.74) is 2.43. The molecule has 0 saturated heterocycles. The van der Waals surface area contributed by atoms with Crippen molar-refractivity contribution in [2.24, 2.45) is 0 Å². The van der Waals surface area contributed by atoms with Crippen molar-refractivity contribution in [3.8, 4) is 5.75 Å². The molecule has 2 atom stereocenters. The Morgan fingerprint density at radius 1 is 1.29 bits per heavy atom. The fourth-order valence-electron chi connectivity index (χ4n) is 2.48. The molecule has 2 unspecified atom stereocenters. The van der Waals surface area contributed by atoms with Crippen LogP contribution in [-0.2, 0) is 0 Å². The van der Waals surface area contributed by atoms with Gasteiger partial charge in [0, 0.05) is 30.5 Å². The summed E-state index contributed by atoms with van der Waals surface area (Å²) >= 11 is 0. The summed E-state index contributed by atoms with van der Waals surface area (Å²) in [7, 11) is 0. The van der Waals surface area contributed by atoms with Crippen LogP contribution in [0, 0.1) is 0 Å². The molecule has 2 aromatic rings. The molecule has 4 heteroatoms. The summed E-state index contributed by atoms with van der Waals surface area (Å²) in [6.45, 7) is 5.85. The standard InChI is InChI=1S/C17H21N3O/c1-13(14(2)20-9-5-8-19-20)18-11-15-10-16-6-3-4-7-17(16)21-12-15/h3-10,13-14,18H,11-12H2,1-2H3. The largest absolute Gasteiger partial charge is 0.489 e. The average molecular weight is 283 g/mol. The number of nitrogens with zero attached hydrogens (tertiary/aromatic N) is 2. The molecule has 0 saturated carbocycles. The van der Waals surface area contributed by atoms with Crippen molar-refractivity contribution in [1.29, 1.82) is 0 Å². The lowest BCUT2D eigenvalue weighted by Gasteiger charge is -2.24. The molecule has 3 rings (SSSR count). The number of hydrogen-bond donors (Lipinski definition) is 1. The molecular formula is C17H21N3O. The molecule has 1 aliphatic rings. The fourth-order valence-corrected chi connectivity index (χ4v) is 2.48. The molecule has 110 valence electrons. The number of rotatable bonds is 5. The Hall–Kier alpha value is -2.07. The van der Waals surface area contributed by atoms with Crippen LogP contribution in [0.15, 0.2) is 48.3 Å². The molecule has 2 heterocycles. The van der Waals surface area contributed by atoms with E-state index in [1.165, 1.54) is 5.57 Å². The van der Waals surface area contributed by atoms with Crippen LogP contribution in [0.25, 0.3) is 6.08 Å². The van der Waals surface area contributed by atoms with Crippen LogP contribution in [0.3, 0.4) is 0 Å². The summed E-state index contributed by atoms with van der Waals surface area (Å²) in [6, 6.07) is 10.8. The highest BCUT2D eigenvalue weighted by molar-refractivity contribution is 5.62. The van der Waals surface area contributed by atoms with Gasteiger partial charge in [-0.25, -0.2) is 0 Å². The second kappa shape index (κ2) is 6.14. The molecule has 0 bridgehead atoms. The zero-order chi connectivity index (χ0) is 14.7.